The van der Waals surface area contributed by atoms with Crippen molar-refractivity contribution in [3.8, 4) is 11.4 Å². The van der Waals surface area contributed by atoms with Crippen LogP contribution in [0.2, 0.25) is 0 Å². The summed E-state index contributed by atoms with van der Waals surface area (Å²) >= 11 is 3.44. The van der Waals surface area contributed by atoms with E-state index in [4.69, 9.17) is 4.74 Å². The zero-order valence-corrected chi connectivity index (χ0v) is 13.6. The molecule has 0 unspecified atom stereocenters. The molecule has 0 saturated carbocycles. The number of rotatable bonds is 7. The highest BCUT2D eigenvalue weighted by Crippen LogP contribution is 2.19. The van der Waals surface area contributed by atoms with Gasteiger partial charge in [0.15, 0.2) is 5.82 Å². The lowest BCUT2D eigenvalue weighted by atomic mass is 10.2. The zero-order valence-electron chi connectivity index (χ0n) is 12.0. The molecule has 0 radical (unpaired) electrons. The molecule has 108 valence electrons. The highest BCUT2D eigenvalue weighted by Gasteiger charge is 2.07. The fourth-order valence-electron chi connectivity index (χ4n) is 2.04. The summed E-state index contributed by atoms with van der Waals surface area (Å²) in [4.78, 5) is 4.54. The molecule has 1 heterocycles. The van der Waals surface area contributed by atoms with E-state index in [2.05, 4.69) is 26.0 Å². The Balaban J connectivity index is 1.97. The van der Waals surface area contributed by atoms with Crippen LogP contribution in [-0.2, 0) is 11.3 Å². The van der Waals surface area contributed by atoms with Gasteiger partial charge in [0.25, 0.3) is 0 Å². The van der Waals surface area contributed by atoms with Crippen LogP contribution < -0.4 is 0 Å². The van der Waals surface area contributed by atoms with Gasteiger partial charge in [-0.15, -0.1) is 0 Å². The minimum atomic E-state index is 0.798. The second-order valence-corrected chi connectivity index (χ2v) is 5.68. The third-order valence-electron chi connectivity index (χ3n) is 3.18. The summed E-state index contributed by atoms with van der Waals surface area (Å²) in [7, 11) is 1.74. The Bertz CT molecular complexity index is 537. The van der Waals surface area contributed by atoms with Crippen molar-refractivity contribution < 1.29 is 4.74 Å². The summed E-state index contributed by atoms with van der Waals surface area (Å²) in [6.07, 6.45) is 3.36. The van der Waals surface area contributed by atoms with Crippen LogP contribution in [0, 0.1) is 6.92 Å². The van der Waals surface area contributed by atoms with Gasteiger partial charge < -0.3 is 4.74 Å². The van der Waals surface area contributed by atoms with E-state index in [9.17, 15) is 0 Å². The van der Waals surface area contributed by atoms with Crippen LogP contribution >= 0.6 is 15.9 Å². The summed E-state index contributed by atoms with van der Waals surface area (Å²) in [6.45, 7) is 3.75. The van der Waals surface area contributed by atoms with Gasteiger partial charge in [-0.2, -0.15) is 5.10 Å². The molecule has 0 bridgehead atoms. The molecular formula is C15H20BrN3O. The Hall–Kier alpha value is -1.20. The first-order chi connectivity index (χ1) is 9.70. The Morgan fingerprint density at radius 2 is 1.90 bits per heavy atom. The van der Waals surface area contributed by atoms with E-state index in [0.29, 0.717) is 0 Å². The van der Waals surface area contributed by atoms with Crippen molar-refractivity contribution in [2.24, 2.45) is 0 Å². The van der Waals surface area contributed by atoms with Gasteiger partial charge in [0.2, 0.25) is 0 Å². The number of aryl methyl sites for hydroxylation is 2. The number of halogens is 1. The van der Waals surface area contributed by atoms with E-state index in [-0.39, 0.29) is 0 Å². The van der Waals surface area contributed by atoms with E-state index >= 15 is 0 Å². The molecule has 5 heteroatoms. The molecule has 0 aliphatic heterocycles. The number of ether oxygens (including phenoxy) is 1. The number of benzene rings is 1. The zero-order chi connectivity index (χ0) is 14.4. The van der Waals surface area contributed by atoms with Crippen molar-refractivity contribution in [3.05, 3.63) is 34.6 Å². The molecule has 4 nitrogen and oxygen atoms in total. The molecule has 0 aliphatic rings. The average molecular weight is 338 g/mol. The van der Waals surface area contributed by atoms with Crippen LogP contribution in [0.3, 0.4) is 0 Å². The molecule has 0 fully saturated rings. The standard InChI is InChI=1S/C15H20BrN3O/c1-12-17-15(13-6-8-14(16)9-7-13)18-19(12)10-4-3-5-11-20-2/h6-9H,3-5,10-11H2,1-2H3. The lowest BCUT2D eigenvalue weighted by molar-refractivity contribution is 0.191. The van der Waals surface area contributed by atoms with Gasteiger partial charge in [-0.05, 0) is 38.3 Å². The lowest BCUT2D eigenvalue weighted by Gasteiger charge is -2.02. The Morgan fingerprint density at radius 3 is 2.60 bits per heavy atom. The Kier molecular flexibility index (Phi) is 5.73. The van der Waals surface area contributed by atoms with Crippen molar-refractivity contribution in [3.63, 3.8) is 0 Å². The Labute approximate surface area is 128 Å². The molecule has 0 N–H and O–H groups in total. The van der Waals surface area contributed by atoms with Crippen LogP contribution in [0.25, 0.3) is 11.4 Å². The highest BCUT2D eigenvalue weighted by molar-refractivity contribution is 9.10. The average Bonchev–Trinajstić information content (AvgIpc) is 2.81. The monoisotopic (exact) mass is 337 g/mol. The van der Waals surface area contributed by atoms with Crippen LogP contribution in [-0.4, -0.2) is 28.5 Å². The minimum absolute atomic E-state index is 0.798. The van der Waals surface area contributed by atoms with Gasteiger partial charge in [0, 0.05) is 30.3 Å². The van der Waals surface area contributed by atoms with Gasteiger partial charge >= 0.3 is 0 Å². The van der Waals surface area contributed by atoms with Crippen LogP contribution in [0.15, 0.2) is 28.7 Å². The molecule has 1 aromatic carbocycles. The van der Waals surface area contributed by atoms with E-state index in [1.54, 1.807) is 7.11 Å². The van der Waals surface area contributed by atoms with Gasteiger partial charge in [-0.3, -0.25) is 0 Å². The number of hydrogen-bond acceptors (Lipinski definition) is 3. The first-order valence-corrected chi connectivity index (χ1v) is 7.66. The molecule has 0 aliphatic carbocycles. The van der Waals surface area contributed by atoms with E-state index < -0.39 is 0 Å². The normalized spacial score (nSPS) is 10.9. The van der Waals surface area contributed by atoms with E-state index in [1.165, 1.54) is 0 Å². The largest absolute Gasteiger partial charge is 0.385 e. The fraction of sp³-hybridized carbons (Fsp3) is 0.467. The van der Waals surface area contributed by atoms with Crippen LogP contribution in [0.1, 0.15) is 25.1 Å². The summed E-state index contributed by atoms with van der Waals surface area (Å²) in [5.74, 6) is 1.77. The summed E-state index contributed by atoms with van der Waals surface area (Å²) < 4.78 is 8.11. The van der Waals surface area contributed by atoms with Crippen LogP contribution in [0.5, 0.6) is 0 Å². The molecule has 20 heavy (non-hydrogen) atoms. The maximum Gasteiger partial charge on any atom is 0.181 e. The molecule has 1 aromatic heterocycles. The third-order valence-corrected chi connectivity index (χ3v) is 3.71. The lowest BCUT2D eigenvalue weighted by Crippen LogP contribution is -2.03. The second kappa shape index (κ2) is 7.55. The van der Waals surface area contributed by atoms with E-state index in [1.807, 2.05) is 35.9 Å². The summed E-state index contributed by atoms with van der Waals surface area (Å²) in [5.41, 5.74) is 1.05. The molecule has 0 spiro atoms. The molecule has 0 amide bonds. The molecule has 2 rings (SSSR count). The van der Waals surface area contributed by atoms with Gasteiger partial charge in [-0.1, -0.05) is 28.1 Å². The van der Waals surface area contributed by atoms with Crippen LogP contribution in [0.4, 0.5) is 0 Å². The predicted octanol–water partition coefficient (Wildman–Crippen LogP) is 3.83. The number of methoxy groups -OCH3 is 1. The number of aromatic nitrogens is 3. The smallest absolute Gasteiger partial charge is 0.181 e. The van der Waals surface area contributed by atoms with Crippen molar-refractivity contribution in [2.45, 2.75) is 32.7 Å². The third kappa shape index (κ3) is 4.15. The maximum absolute atomic E-state index is 5.05. The quantitative estimate of drug-likeness (QED) is 0.721. The number of unbranched alkanes of at least 4 members (excludes halogenated alkanes) is 2. The minimum Gasteiger partial charge on any atom is -0.385 e. The van der Waals surface area contributed by atoms with Crippen molar-refractivity contribution in [1.29, 1.82) is 0 Å². The molecule has 0 saturated heterocycles. The van der Waals surface area contributed by atoms with Crippen molar-refractivity contribution in [2.75, 3.05) is 13.7 Å². The maximum atomic E-state index is 5.05. The molecule has 2 aromatic rings. The van der Waals surface area contributed by atoms with Gasteiger partial charge in [0.05, 0.1) is 0 Å². The van der Waals surface area contributed by atoms with Crippen molar-refractivity contribution >= 4 is 15.9 Å². The summed E-state index contributed by atoms with van der Waals surface area (Å²) in [6, 6.07) is 8.08. The predicted molar refractivity (Wildman–Crippen MR) is 83.6 cm³/mol. The summed E-state index contributed by atoms with van der Waals surface area (Å²) in [5, 5.41) is 4.59. The van der Waals surface area contributed by atoms with Gasteiger partial charge in [-0.25, -0.2) is 9.67 Å². The van der Waals surface area contributed by atoms with E-state index in [0.717, 1.165) is 54.1 Å². The molecular weight excluding hydrogens is 318 g/mol. The van der Waals surface area contributed by atoms with Crippen molar-refractivity contribution in [1.82, 2.24) is 14.8 Å². The first-order valence-electron chi connectivity index (χ1n) is 6.87. The van der Waals surface area contributed by atoms with Gasteiger partial charge in [0.1, 0.15) is 5.82 Å². The Morgan fingerprint density at radius 1 is 1.15 bits per heavy atom. The topological polar surface area (TPSA) is 39.9 Å². The SMILES string of the molecule is COCCCCCn1nc(-c2ccc(Br)cc2)nc1C. The number of nitrogens with zero attached hydrogens (tertiary/aromatic N) is 3. The molecule has 0 atom stereocenters. The highest BCUT2D eigenvalue weighted by atomic mass is 79.9. The fourth-order valence-corrected chi connectivity index (χ4v) is 2.30. The second-order valence-electron chi connectivity index (χ2n) is 4.77. The number of hydrogen-bond donors (Lipinski definition) is 0. The first kappa shape index (κ1) is 15.2.